The minimum atomic E-state index is -0.447. The molecule has 4 atom stereocenters. The van der Waals surface area contributed by atoms with Gasteiger partial charge in [-0.15, -0.1) is 0 Å². The molecular weight excluding hydrogens is 272 g/mol. The predicted molar refractivity (Wildman–Crippen MR) is 83.6 cm³/mol. The maximum absolute atomic E-state index is 9.13. The van der Waals surface area contributed by atoms with E-state index in [1.54, 1.807) is 6.92 Å². The van der Waals surface area contributed by atoms with Crippen LogP contribution in [-0.2, 0) is 18.9 Å². The molecule has 4 unspecified atom stereocenters. The largest absolute Gasteiger partial charge is 0.391 e. The van der Waals surface area contributed by atoms with E-state index in [4.69, 9.17) is 24.1 Å². The molecule has 0 saturated heterocycles. The van der Waals surface area contributed by atoms with Crippen molar-refractivity contribution < 1.29 is 24.1 Å². The van der Waals surface area contributed by atoms with Gasteiger partial charge >= 0.3 is 0 Å². The van der Waals surface area contributed by atoms with Crippen molar-refractivity contribution in [3.8, 4) is 0 Å². The molecule has 0 aliphatic heterocycles. The van der Waals surface area contributed by atoms with Crippen molar-refractivity contribution in [3.05, 3.63) is 0 Å². The van der Waals surface area contributed by atoms with E-state index in [1.165, 1.54) is 0 Å². The molecule has 5 heteroatoms. The molecule has 0 fully saturated rings. The van der Waals surface area contributed by atoms with E-state index in [2.05, 4.69) is 0 Å². The molecule has 21 heavy (non-hydrogen) atoms. The lowest BCUT2D eigenvalue weighted by molar-refractivity contribution is -0.101. The van der Waals surface area contributed by atoms with E-state index < -0.39 is 6.10 Å². The van der Waals surface area contributed by atoms with Gasteiger partial charge in [-0.05, 0) is 48.5 Å². The molecule has 0 aromatic rings. The number of hydrogen-bond acceptors (Lipinski definition) is 5. The van der Waals surface area contributed by atoms with Gasteiger partial charge < -0.3 is 24.1 Å². The Bertz CT molecular complexity index is 250. The number of ether oxygens (including phenoxy) is 4. The molecule has 0 radical (unpaired) electrons. The highest BCUT2D eigenvalue weighted by Crippen LogP contribution is 2.08. The first-order chi connectivity index (χ1) is 9.60. The molecule has 0 amide bonds. The summed E-state index contributed by atoms with van der Waals surface area (Å²) < 4.78 is 22.4. The predicted octanol–water partition coefficient (Wildman–Crippen LogP) is 2.40. The molecule has 0 aliphatic rings. The zero-order valence-corrected chi connectivity index (χ0v) is 14.7. The molecule has 0 heterocycles. The minimum absolute atomic E-state index is 0.000290. The van der Waals surface area contributed by atoms with Gasteiger partial charge in [0.15, 0.2) is 0 Å². The summed E-state index contributed by atoms with van der Waals surface area (Å²) in [5, 5.41) is 9.13. The molecule has 0 aliphatic carbocycles. The molecule has 5 nitrogen and oxygen atoms in total. The zero-order valence-electron chi connectivity index (χ0n) is 14.7. The maximum atomic E-state index is 9.13. The van der Waals surface area contributed by atoms with Crippen LogP contribution in [0.2, 0.25) is 0 Å². The topological polar surface area (TPSA) is 57.2 Å². The fourth-order valence-electron chi connectivity index (χ4n) is 1.41. The standard InChI is InChI=1S/C16H34O5/c1-12(17)8-18-13(2)9-19-14(3)10-20-15(4)11-21-16(5,6)7/h12-15,17H,8-11H2,1-7H3. The highest BCUT2D eigenvalue weighted by atomic mass is 16.6. The monoisotopic (exact) mass is 306 g/mol. The van der Waals surface area contributed by atoms with Crippen molar-refractivity contribution >= 4 is 0 Å². The Hall–Kier alpha value is -0.200. The van der Waals surface area contributed by atoms with E-state index >= 15 is 0 Å². The first-order valence-electron chi connectivity index (χ1n) is 7.77. The van der Waals surface area contributed by atoms with Crippen molar-refractivity contribution in [2.75, 3.05) is 26.4 Å². The first kappa shape index (κ1) is 20.8. The fraction of sp³-hybridized carbons (Fsp3) is 1.00. The van der Waals surface area contributed by atoms with E-state index in [0.717, 1.165) is 0 Å². The van der Waals surface area contributed by atoms with E-state index in [0.29, 0.717) is 26.4 Å². The van der Waals surface area contributed by atoms with Gasteiger partial charge in [0.2, 0.25) is 0 Å². The van der Waals surface area contributed by atoms with Gasteiger partial charge in [-0.2, -0.15) is 0 Å². The van der Waals surface area contributed by atoms with Crippen LogP contribution < -0.4 is 0 Å². The van der Waals surface area contributed by atoms with Gasteiger partial charge in [0, 0.05) is 0 Å². The van der Waals surface area contributed by atoms with Crippen molar-refractivity contribution in [2.24, 2.45) is 0 Å². The third-order valence-corrected chi connectivity index (χ3v) is 2.60. The fourth-order valence-corrected chi connectivity index (χ4v) is 1.41. The number of hydrogen-bond donors (Lipinski definition) is 1. The van der Waals surface area contributed by atoms with Crippen molar-refractivity contribution in [1.29, 1.82) is 0 Å². The Morgan fingerprint density at radius 3 is 1.48 bits per heavy atom. The van der Waals surface area contributed by atoms with E-state index in [1.807, 2.05) is 41.5 Å². The van der Waals surface area contributed by atoms with Crippen LogP contribution in [-0.4, -0.2) is 61.6 Å². The van der Waals surface area contributed by atoms with E-state index in [-0.39, 0.29) is 23.9 Å². The maximum Gasteiger partial charge on any atom is 0.0782 e. The number of rotatable bonds is 11. The van der Waals surface area contributed by atoms with Crippen LogP contribution in [0, 0.1) is 0 Å². The molecule has 0 aromatic carbocycles. The second-order valence-electron chi connectivity index (χ2n) is 6.70. The van der Waals surface area contributed by atoms with Crippen LogP contribution in [0.5, 0.6) is 0 Å². The van der Waals surface area contributed by atoms with Gasteiger partial charge in [0.1, 0.15) is 0 Å². The number of aliphatic hydroxyl groups excluding tert-OH is 1. The lowest BCUT2D eigenvalue weighted by atomic mass is 10.2. The summed E-state index contributed by atoms with van der Waals surface area (Å²) in [6, 6.07) is 0. The van der Waals surface area contributed by atoms with Gasteiger partial charge in [-0.3, -0.25) is 0 Å². The molecule has 0 aromatic heterocycles. The summed E-state index contributed by atoms with van der Waals surface area (Å²) >= 11 is 0. The average Bonchev–Trinajstić information content (AvgIpc) is 2.37. The average molecular weight is 306 g/mol. The SMILES string of the molecule is CC(O)COC(C)COC(C)COC(C)COC(C)(C)C. The minimum Gasteiger partial charge on any atom is -0.391 e. The van der Waals surface area contributed by atoms with Gasteiger partial charge in [0.25, 0.3) is 0 Å². The molecule has 0 rings (SSSR count). The molecule has 0 saturated carbocycles. The van der Waals surface area contributed by atoms with Gasteiger partial charge in [0.05, 0.1) is 56.4 Å². The van der Waals surface area contributed by atoms with Crippen LogP contribution in [0.1, 0.15) is 48.5 Å². The third-order valence-electron chi connectivity index (χ3n) is 2.60. The molecular formula is C16H34O5. The van der Waals surface area contributed by atoms with Crippen LogP contribution in [0.4, 0.5) is 0 Å². The van der Waals surface area contributed by atoms with Crippen LogP contribution >= 0.6 is 0 Å². The zero-order chi connectivity index (χ0) is 16.5. The summed E-state index contributed by atoms with van der Waals surface area (Å²) in [5.41, 5.74) is -0.143. The molecule has 0 spiro atoms. The van der Waals surface area contributed by atoms with Crippen LogP contribution in [0.3, 0.4) is 0 Å². The summed E-state index contributed by atoms with van der Waals surface area (Å²) in [5.74, 6) is 0. The van der Waals surface area contributed by atoms with Crippen molar-refractivity contribution in [1.82, 2.24) is 0 Å². The Labute approximate surface area is 129 Å². The molecule has 1 N–H and O–H groups in total. The van der Waals surface area contributed by atoms with Gasteiger partial charge in [-0.25, -0.2) is 0 Å². The Morgan fingerprint density at radius 1 is 0.714 bits per heavy atom. The summed E-state index contributed by atoms with van der Waals surface area (Å²) in [6.07, 6.45) is -0.445. The summed E-state index contributed by atoms with van der Waals surface area (Å²) in [7, 11) is 0. The normalized spacial score (nSPS) is 18.3. The Kier molecular flexibility index (Phi) is 10.4. The second kappa shape index (κ2) is 10.5. The Morgan fingerprint density at radius 2 is 1.10 bits per heavy atom. The van der Waals surface area contributed by atoms with Crippen molar-refractivity contribution in [2.45, 2.75) is 78.5 Å². The summed E-state index contributed by atoms with van der Waals surface area (Å²) in [4.78, 5) is 0. The first-order valence-corrected chi connectivity index (χ1v) is 7.77. The molecule has 128 valence electrons. The molecule has 0 bridgehead atoms. The lowest BCUT2D eigenvalue weighted by Crippen LogP contribution is -2.30. The van der Waals surface area contributed by atoms with Crippen molar-refractivity contribution in [3.63, 3.8) is 0 Å². The second-order valence-corrected chi connectivity index (χ2v) is 6.70. The van der Waals surface area contributed by atoms with Gasteiger partial charge in [-0.1, -0.05) is 0 Å². The van der Waals surface area contributed by atoms with E-state index in [9.17, 15) is 0 Å². The summed E-state index contributed by atoms with van der Waals surface area (Å²) in [6.45, 7) is 15.6. The third kappa shape index (κ3) is 14.5. The number of aliphatic hydroxyl groups is 1. The van der Waals surface area contributed by atoms with Crippen LogP contribution in [0.25, 0.3) is 0 Å². The quantitative estimate of drug-likeness (QED) is 0.635. The highest BCUT2D eigenvalue weighted by molar-refractivity contribution is 4.61. The Balaban J connectivity index is 3.67. The lowest BCUT2D eigenvalue weighted by Gasteiger charge is -2.24. The smallest absolute Gasteiger partial charge is 0.0782 e. The van der Waals surface area contributed by atoms with Crippen LogP contribution in [0.15, 0.2) is 0 Å². The highest BCUT2D eigenvalue weighted by Gasteiger charge is 2.14.